The molecule has 0 spiro atoms. The first kappa shape index (κ1) is 18.1. The topological polar surface area (TPSA) is 63.4 Å². The molecule has 0 aliphatic heterocycles. The zero-order valence-electron chi connectivity index (χ0n) is 13.6. The maximum absolute atomic E-state index is 12.8. The van der Waals surface area contributed by atoms with Crippen molar-refractivity contribution in [3.05, 3.63) is 29.3 Å². The number of hydrogen-bond acceptors (Lipinski definition) is 3. The monoisotopic (exact) mass is 312 g/mol. The van der Waals surface area contributed by atoms with Gasteiger partial charge in [0.25, 0.3) is 0 Å². The summed E-state index contributed by atoms with van der Waals surface area (Å²) >= 11 is 0. The number of nitrogens with zero attached hydrogens (tertiary/aromatic N) is 1. The molecule has 0 saturated carbocycles. The zero-order valence-corrected chi connectivity index (χ0v) is 14.4. The maximum Gasteiger partial charge on any atom is 0.243 e. The summed E-state index contributed by atoms with van der Waals surface area (Å²) in [6.07, 6.45) is 1.83. The van der Waals surface area contributed by atoms with Crippen LogP contribution in [0.5, 0.6) is 0 Å². The predicted octanol–water partition coefficient (Wildman–Crippen LogP) is 2.76. The van der Waals surface area contributed by atoms with Crippen molar-refractivity contribution in [1.29, 1.82) is 0 Å². The standard InChI is InChI=1S/C16H28N2O2S/c1-5-13(4)12-18(7-3)21(19,20)16-9-8-14(6-2)15(10-16)11-17/h8-10,13H,5-7,11-12,17H2,1-4H3. The van der Waals surface area contributed by atoms with E-state index in [-0.39, 0.29) is 0 Å². The minimum Gasteiger partial charge on any atom is -0.326 e. The van der Waals surface area contributed by atoms with E-state index in [1.807, 2.05) is 19.9 Å². The highest BCUT2D eigenvalue weighted by molar-refractivity contribution is 7.89. The van der Waals surface area contributed by atoms with Gasteiger partial charge < -0.3 is 5.73 Å². The van der Waals surface area contributed by atoms with Gasteiger partial charge in [-0.3, -0.25) is 0 Å². The lowest BCUT2D eigenvalue weighted by molar-refractivity contribution is 0.361. The normalized spacial score (nSPS) is 13.6. The first-order valence-corrected chi connectivity index (χ1v) is 9.16. The molecule has 120 valence electrons. The van der Waals surface area contributed by atoms with Gasteiger partial charge in [0.2, 0.25) is 10.0 Å². The van der Waals surface area contributed by atoms with Crippen molar-refractivity contribution < 1.29 is 8.42 Å². The van der Waals surface area contributed by atoms with Crippen molar-refractivity contribution in [1.82, 2.24) is 4.31 Å². The van der Waals surface area contributed by atoms with E-state index in [0.29, 0.717) is 30.4 Å². The minimum absolute atomic E-state index is 0.351. The number of benzene rings is 1. The summed E-state index contributed by atoms with van der Waals surface area (Å²) in [6, 6.07) is 5.31. The van der Waals surface area contributed by atoms with Crippen molar-refractivity contribution in [3.63, 3.8) is 0 Å². The average Bonchev–Trinajstić information content (AvgIpc) is 2.51. The Morgan fingerprint density at radius 2 is 1.86 bits per heavy atom. The van der Waals surface area contributed by atoms with E-state index in [2.05, 4.69) is 13.8 Å². The summed E-state index contributed by atoms with van der Waals surface area (Å²) in [6.45, 7) is 9.48. The van der Waals surface area contributed by atoms with Crippen LogP contribution in [0, 0.1) is 5.92 Å². The molecular formula is C16H28N2O2S. The molecule has 5 heteroatoms. The molecule has 1 rings (SSSR count). The minimum atomic E-state index is -3.44. The van der Waals surface area contributed by atoms with Gasteiger partial charge in [-0.05, 0) is 35.6 Å². The van der Waals surface area contributed by atoms with Gasteiger partial charge in [-0.25, -0.2) is 8.42 Å². The molecule has 0 heterocycles. The molecule has 0 amide bonds. The van der Waals surface area contributed by atoms with E-state index in [1.165, 1.54) is 0 Å². The third-order valence-corrected chi connectivity index (χ3v) is 5.92. The first-order valence-electron chi connectivity index (χ1n) is 7.72. The van der Waals surface area contributed by atoms with Crippen LogP contribution in [0.1, 0.15) is 45.2 Å². The number of hydrogen-bond donors (Lipinski definition) is 1. The molecule has 1 atom stereocenters. The second kappa shape index (κ2) is 7.92. The van der Waals surface area contributed by atoms with E-state index < -0.39 is 10.0 Å². The Bertz CT molecular complexity index is 555. The summed E-state index contributed by atoms with van der Waals surface area (Å²) in [7, 11) is -3.44. The van der Waals surface area contributed by atoms with Gasteiger partial charge in [0, 0.05) is 19.6 Å². The average molecular weight is 312 g/mol. The largest absolute Gasteiger partial charge is 0.326 e. The molecule has 1 unspecified atom stereocenters. The smallest absolute Gasteiger partial charge is 0.243 e. The van der Waals surface area contributed by atoms with E-state index in [4.69, 9.17) is 5.73 Å². The Kier molecular flexibility index (Phi) is 6.84. The lowest BCUT2D eigenvalue weighted by Gasteiger charge is -2.24. The second-order valence-corrected chi connectivity index (χ2v) is 7.40. The molecule has 1 aromatic carbocycles. The van der Waals surface area contributed by atoms with Crippen LogP contribution in [0.25, 0.3) is 0 Å². The van der Waals surface area contributed by atoms with Crippen LogP contribution in [0.15, 0.2) is 23.1 Å². The summed E-state index contributed by atoms with van der Waals surface area (Å²) in [5.41, 5.74) is 7.77. The Hall–Kier alpha value is -0.910. The number of nitrogens with two attached hydrogens (primary N) is 1. The van der Waals surface area contributed by atoms with Crippen molar-refractivity contribution in [2.45, 2.75) is 52.0 Å². The molecule has 0 aliphatic rings. The maximum atomic E-state index is 12.8. The molecule has 0 aromatic heterocycles. The summed E-state index contributed by atoms with van der Waals surface area (Å²) in [5.74, 6) is 0.351. The number of aryl methyl sites for hydroxylation is 1. The summed E-state index contributed by atoms with van der Waals surface area (Å²) < 4.78 is 27.1. The third-order valence-electron chi connectivity index (χ3n) is 3.98. The quantitative estimate of drug-likeness (QED) is 0.803. The van der Waals surface area contributed by atoms with Crippen LogP contribution in [-0.4, -0.2) is 25.8 Å². The highest BCUT2D eigenvalue weighted by Crippen LogP contribution is 2.21. The van der Waals surface area contributed by atoms with Gasteiger partial charge in [0.1, 0.15) is 0 Å². The highest BCUT2D eigenvalue weighted by atomic mass is 32.2. The Labute approximate surface area is 129 Å². The van der Waals surface area contributed by atoms with Crippen LogP contribution in [0.3, 0.4) is 0 Å². The Balaban J connectivity index is 3.16. The molecular weight excluding hydrogens is 284 g/mol. The Morgan fingerprint density at radius 1 is 1.19 bits per heavy atom. The van der Waals surface area contributed by atoms with Crippen LogP contribution in [-0.2, 0) is 23.0 Å². The van der Waals surface area contributed by atoms with E-state index in [0.717, 1.165) is 24.0 Å². The van der Waals surface area contributed by atoms with Crippen molar-refractivity contribution in [2.24, 2.45) is 11.7 Å². The molecule has 4 nitrogen and oxygen atoms in total. The fourth-order valence-electron chi connectivity index (χ4n) is 2.32. The molecule has 0 saturated heterocycles. The number of rotatable bonds is 8. The first-order chi connectivity index (χ1) is 9.90. The fraction of sp³-hybridized carbons (Fsp3) is 0.625. The van der Waals surface area contributed by atoms with E-state index >= 15 is 0 Å². The fourth-order valence-corrected chi connectivity index (χ4v) is 3.94. The van der Waals surface area contributed by atoms with Crippen LogP contribution >= 0.6 is 0 Å². The van der Waals surface area contributed by atoms with Crippen LogP contribution in [0.2, 0.25) is 0 Å². The Morgan fingerprint density at radius 3 is 2.33 bits per heavy atom. The van der Waals surface area contributed by atoms with Gasteiger partial charge in [-0.1, -0.05) is 40.2 Å². The van der Waals surface area contributed by atoms with Gasteiger partial charge in [0.05, 0.1) is 4.90 Å². The molecule has 0 aliphatic carbocycles. The van der Waals surface area contributed by atoms with E-state index in [1.54, 1.807) is 16.4 Å². The lowest BCUT2D eigenvalue weighted by atomic mass is 10.1. The number of sulfonamides is 1. The van der Waals surface area contributed by atoms with Crippen LogP contribution in [0.4, 0.5) is 0 Å². The highest BCUT2D eigenvalue weighted by Gasteiger charge is 2.24. The van der Waals surface area contributed by atoms with Gasteiger partial charge >= 0.3 is 0 Å². The third kappa shape index (κ3) is 4.28. The molecule has 0 fully saturated rings. The van der Waals surface area contributed by atoms with Crippen molar-refractivity contribution in [3.8, 4) is 0 Å². The lowest BCUT2D eigenvalue weighted by Crippen LogP contribution is -2.34. The van der Waals surface area contributed by atoms with Gasteiger partial charge in [0.15, 0.2) is 0 Å². The molecule has 21 heavy (non-hydrogen) atoms. The van der Waals surface area contributed by atoms with Crippen molar-refractivity contribution >= 4 is 10.0 Å². The van der Waals surface area contributed by atoms with Crippen LogP contribution < -0.4 is 5.73 Å². The van der Waals surface area contributed by atoms with Gasteiger partial charge in [-0.15, -0.1) is 0 Å². The molecule has 0 bridgehead atoms. The zero-order chi connectivity index (χ0) is 16.0. The SMILES string of the molecule is CCc1ccc(S(=O)(=O)N(CC)CC(C)CC)cc1CN. The van der Waals surface area contributed by atoms with E-state index in [9.17, 15) is 8.42 Å². The summed E-state index contributed by atoms with van der Waals surface area (Å²) in [4.78, 5) is 0.352. The predicted molar refractivity (Wildman–Crippen MR) is 87.6 cm³/mol. The van der Waals surface area contributed by atoms with Gasteiger partial charge in [-0.2, -0.15) is 4.31 Å². The molecule has 0 radical (unpaired) electrons. The van der Waals surface area contributed by atoms with Crippen molar-refractivity contribution in [2.75, 3.05) is 13.1 Å². The summed E-state index contributed by atoms with van der Waals surface area (Å²) in [5, 5.41) is 0. The second-order valence-electron chi connectivity index (χ2n) is 5.46. The molecule has 1 aromatic rings. The molecule has 2 N–H and O–H groups in total.